The summed E-state index contributed by atoms with van der Waals surface area (Å²) < 4.78 is 12.9. The lowest BCUT2D eigenvalue weighted by atomic mass is 10.0. The maximum absolute atomic E-state index is 12.9. The smallest absolute Gasteiger partial charge is 0.123 e. The first kappa shape index (κ1) is 14.7. The van der Waals surface area contributed by atoms with Crippen molar-refractivity contribution in [3.8, 4) is 0 Å². The molecule has 0 aliphatic heterocycles. The average Bonchev–Trinajstić information content (AvgIpc) is 2.41. The minimum absolute atomic E-state index is 0.0124. The largest absolute Gasteiger partial charge is 0.323 e. The van der Waals surface area contributed by atoms with Crippen LogP contribution in [0.15, 0.2) is 48.5 Å². The molecular weight excluding hydrogens is 251 g/mol. The van der Waals surface area contributed by atoms with E-state index < -0.39 is 0 Å². The summed E-state index contributed by atoms with van der Waals surface area (Å²) in [5.74, 6) is -0.201. The molecule has 0 spiro atoms. The Morgan fingerprint density at radius 3 is 2.40 bits per heavy atom. The predicted molar refractivity (Wildman–Crippen MR) is 80.8 cm³/mol. The Morgan fingerprint density at radius 1 is 1.10 bits per heavy atom. The van der Waals surface area contributed by atoms with Gasteiger partial charge >= 0.3 is 0 Å². The van der Waals surface area contributed by atoms with E-state index in [1.165, 1.54) is 23.3 Å². The van der Waals surface area contributed by atoms with Gasteiger partial charge in [-0.2, -0.15) is 0 Å². The molecule has 2 N–H and O–H groups in total. The van der Waals surface area contributed by atoms with Crippen molar-refractivity contribution in [3.05, 3.63) is 71.0 Å². The van der Waals surface area contributed by atoms with E-state index in [0.717, 1.165) is 18.7 Å². The average molecular weight is 272 g/mol. The van der Waals surface area contributed by atoms with Crippen molar-refractivity contribution in [2.75, 3.05) is 13.6 Å². The normalized spacial score (nSPS) is 12.7. The van der Waals surface area contributed by atoms with Gasteiger partial charge in [0.05, 0.1) is 0 Å². The van der Waals surface area contributed by atoms with Gasteiger partial charge in [-0.15, -0.1) is 0 Å². The minimum atomic E-state index is -0.201. The zero-order valence-corrected chi connectivity index (χ0v) is 12.0. The lowest BCUT2D eigenvalue weighted by Gasteiger charge is -2.22. The van der Waals surface area contributed by atoms with Gasteiger partial charge in [-0.3, -0.25) is 0 Å². The second-order valence-electron chi connectivity index (χ2n) is 5.29. The van der Waals surface area contributed by atoms with Gasteiger partial charge in [-0.05, 0) is 42.8 Å². The van der Waals surface area contributed by atoms with Crippen LogP contribution >= 0.6 is 0 Å². The molecule has 0 saturated carbocycles. The maximum atomic E-state index is 12.9. The van der Waals surface area contributed by atoms with E-state index in [1.807, 2.05) is 31.3 Å². The number of nitrogens with zero attached hydrogens (tertiary/aromatic N) is 1. The van der Waals surface area contributed by atoms with E-state index in [2.05, 4.69) is 24.0 Å². The number of nitrogens with two attached hydrogens (primary N) is 1. The van der Waals surface area contributed by atoms with E-state index >= 15 is 0 Å². The number of halogens is 1. The standard InChI is InChI=1S/C17H21FN2/c1-13-5-3-4-6-16(13)17(19)12-20(2)11-14-7-9-15(18)10-8-14/h3-10,17H,11-12,19H2,1-2H3. The molecule has 0 amide bonds. The fourth-order valence-corrected chi connectivity index (χ4v) is 2.40. The summed E-state index contributed by atoms with van der Waals surface area (Å²) >= 11 is 0. The lowest BCUT2D eigenvalue weighted by molar-refractivity contribution is 0.305. The fourth-order valence-electron chi connectivity index (χ4n) is 2.40. The van der Waals surface area contributed by atoms with Crippen molar-refractivity contribution in [3.63, 3.8) is 0 Å². The summed E-state index contributed by atoms with van der Waals surface area (Å²) in [6, 6.07) is 14.8. The van der Waals surface area contributed by atoms with Crippen molar-refractivity contribution in [2.45, 2.75) is 19.5 Å². The zero-order valence-electron chi connectivity index (χ0n) is 12.0. The monoisotopic (exact) mass is 272 g/mol. The summed E-state index contributed by atoms with van der Waals surface area (Å²) in [5.41, 5.74) is 9.76. The van der Waals surface area contributed by atoms with Crippen LogP contribution in [-0.4, -0.2) is 18.5 Å². The molecule has 0 bridgehead atoms. The van der Waals surface area contributed by atoms with Crippen LogP contribution in [0.2, 0.25) is 0 Å². The summed E-state index contributed by atoms with van der Waals surface area (Å²) in [5, 5.41) is 0. The molecule has 0 aromatic heterocycles. The van der Waals surface area contributed by atoms with Crippen LogP contribution in [0.5, 0.6) is 0 Å². The lowest BCUT2D eigenvalue weighted by Crippen LogP contribution is -2.29. The Hall–Kier alpha value is -1.71. The molecule has 0 fully saturated rings. The molecule has 3 heteroatoms. The highest BCUT2D eigenvalue weighted by molar-refractivity contribution is 5.28. The Kier molecular flexibility index (Phi) is 4.88. The SMILES string of the molecule is Cc1ccccc1C(N)CN(C)Cc1ccc(F)cc1. The van der Waals surface area contributed by atoms with Gasteiger partial charge in [0, 0.05) is 19.1 Å². The molecular formula is C17H21FN2. The van der Waals surface area contributed by atoms with Crippen LogP contribution in [0.1, 0.15) is 22.7 Å². The second kappa shape index (κ2) is 6.64. The topological polar surface area (TPSA) is 29.3 Å². The highest BCUT2D eigenvalue weighted by Crippen LogP contribution is 2.16. The van der Waals surface area contributed by atoms with Crippen LogP contribution in [0, 0.1) is 12.7 Å². The van der Waals surface area contributed by atoms with Gasteiger partial charge in [-0.25, -0.2) is 4.39 Å². The quantitative estimate of drug-likeness (QED) is 0.905. The highest BCUT2D eigenvalue weighted by Gasteiger charge is 2.11. The Morgan fingerprint density at radius 2 is 1.75 bits per heavy atom. The minimum Gasteiger partial charge on any atom is -0.323 e. The third-order valence-corrected chi connectivity index (χ3v) is 3.46. The molecule has 1 unspecified atom stereocenters. The Balaban J connectivity index is 1.96. The van der Waals surface area contributed by atoms with Crippen LogP contribution in [0.25, 0.3) is 0 Å². The van der Waals surface area contributed by atoms with E-state index in [9.17, 15) is 4.39 Å². The van der Waals surface area contributed by atoms with Crippen molar-refractivity contribution >= 4 is 0 Å². The van der Waals surface area contributed by atoms with Gasteiger partial charge in [0.25, 0.3) is 0 Å². The maximum Gasteiger partial charge on any atom is 0.123 e. The number of rotatable bonds is 5. The number of aryl methyl sites for hydroxylation is 1. The number of likely N-dealkylation sites (N-methyl/N-ethyl adjacent to an activating group) is 1. The Labute approximate surface area is 120 Å². The van der Waals surface area contributed by atoms with E-state index in [0.29, 0.717) is 0 Å². The van der Waals surface area contributed by atoms with Crippen LogP contribution in [0.4, 0.5) is 4.39 Å². The molecule has 2 rings (SSSR count). The van der Waals surface area contributed by atoms with Gasteiger partial charge in [-0.1, -0.05) is 36.4 Å². The van der Waals surface area contributed by atoms with Crippen LogP contribution < -0.4 is 5.73 Å². The van der Waals surface area contributed by atoms with Crippen molar-refractivity contribution < 1.29 is 4.39 Å². The molecule has 106 valence electrons. The van der Waals surface area contributed by atoms with Gasteiger partial charge < -0.3 is 10.6 Å². The number of hydrogen-bond donors (Lipinski definition) is 1. The zero-order chi connectivity index (χ0) is 14.5. The first-order chi connectivity index (χ1) is 9.56. The van der Waals surface area contributed by atoms with E-state index in [-0.39, 0.29) is 11.9 Å². The molecule has 20 heavy (non-hydrogen) atoms. The third-order valence-electron chi connectivity index (χ3n) is 3.46. The molecule has 2 nitrogen and oxygen atoms in total. The van der Waals surface area contributed by atoms with E-state index in [1.54, 1.807) is 0 Å². The van der Waals surface area contributed by atoms with Crippen molar-refractivity contribution in [2.24, 2.45) is 5.73 Å². The number of hydrogen-bond acceptors (Lipinski definition) is 2. The molecule has 0 aliphatic rings. The summed E-state index contributed by atoms with van der Waals surface area (Å²) in [4.78, 5) is 2.16. The van der Waals surface area contributed by atoms with Crippen LogP contribution in [-0.2, 0) is 6.54 Å². The summed E-state index contributed by atoms with van der Waals surface area (Å²) in [6.45, 7) is 3.61. The van der Waals surface area contributed by atoms with E-state index in [4.69, 9.17) is 5.73 Å². The molecule has 0 aliphatic carbocycles. The molecule has 2 aromatic rings. The molecule has 0 saturated heterocycles. The van der Waals surface area contributed by atoms with Crippen molar-refractivity contribution in [1.29, 1.82) is 0 Å². The highest BCUT2D eigenvalue weighted by atomic mass is 19.1. The summed E-state index contributed by atoms with van der Waals surface area (Å²) in [7, 11) is 2.03. The van der Waals surface area contributed by atoms with Gasteiger partial charge in [0.1, 0.15) is 5.82 Å². The molecule has 2 aromatic carbocycles. The number of benzene rings is 2. The second-order valence-corrected chi connectivity index (χ2v) is 5.29. The van der Waals surface area contributed by atoms with Gasteiger partial charge in [0.15, 0.2) is 0 Å². The molecule has 0 radical (unpaired) electrons. The first-order valence-corrected chi connectivity index (χ1v) is 6.80. The van der Waals surface area contributed by atoms with Gasteiger partial charge in [0.2, 0.25) is 0 Å². The molecule has 1 atom stereocenters. The van der Waals surface area contributed by atoms with Crippen LogP contribution in [0.3, 0.4) is 0 Å². The first-order valence-electron chi connectivity index (χ1n) is 6.80. The fraction of sp³-hybridized carbons (Fsp3) is 0.294. The summed E-state index contributed by atoms with van der Waals surface area (Å²) in [6.07, 6.45) is 0. The van der Waals surface area contributed by atoms with Crippen molar-refractivity contribution in [1.82, 2.24) is 4.90 Å². The third kappa shape index (κ3) is 3.89. The molecule has 0 heterocycles. The Bertz CT molecular complexity index is 551. The predicted octanol–water partition coefficient (Wildman–Crippen LogP) is 3.27.